The van der Waals surface area contributed by atoms with E-state index in [2.05, 4.69) is 27.3 Å². The van der Waals surface area contributed by atoms with Crippen molar-refractivity contribution in [3.05, 3.63) is 52.0 Å². The van der Waals surface area contributed by atoms with Crippen molar-refractivity contribution in [2.75, 3.05) is 12.4 Å². The highest BCUT2D eigenvalue weighted by atomic mass is 79.9. The van der Waals surface area contributed by atoms with E-state index in [0.29, 0.717) is 6.54 Å². The highest BCUT2D eigenvalue weighted by Gasteiger charge is 2.04. The number of aryl methyl sites for hydroxylation is 1. The summed E-state index contributed by atoms with van der Waals surface area (Å²) in [7, 11) is 1.61. The summed E-state index contributed by atoms with van der Waals surface area (Å²) in [5, 5.41) is 13.1. The second kappa shape index (κ2) is 5.97. The number of rotatable bonds is 4. The van der Waals surface area contributed by atoms with Gasteiger partial charge in [-0.1, -0.05) is 15.9 Å². The lowest BCUT2D eigenvalue weighted by atomic mass is 10.1. The van der Waals surface area contributed by atoms with Crippen LogP contribution in [0.15, 0.2) is 40.9 Å². The molecule has 0 fully saturated rings. The second-order valence-corrected chi connectivity index (χ2v) is 5.17. The Bertz CT molecular complexity index is 584. The number of anilines is 1. The molecule has 0 aliphatic rings. The highest BCUT2D eigenvalue weighted by Crippen LogP contribution is 2.25. The zero-order chi connectivity index (χ0) is 13.8. The maximum Gasteiger partial charge on any atom is 0.120 e. The first-order valence-corrected chi connectivity index (χ1v) is 6.75. The van der Waals surface area contributed by atoms with Gasteiger partial charge in [0.1, 0.15) is 11.5 Å². The van der Waals surface area contributed by atoms with Crippen LogP contribution in [0.3, 0.4) is 0 Å². The minimum absolute atomic E-state index is 0.266. The van der Waals surface area contributed by atoms with Gasteiger partial charge in [-0.25, -0.2) is 0 Å². The summed E-state index contributed by atoms with van der Waals surface area (Å²) in [6, 6.07) is 11.3. The number of nitrogens with one attached hydrogen (secondary N) is 1. The van der Waals surface area contributed by atoms with Crippen LogP contribution < -0.4 is 10.1 Å². The summed E-state index contributed by atoms with van der Waals surface area (Å²) in [4.78, 5) is 0. The summed E-state index contributed by atoms with van der Waals surface area (Å²) in [5.41, 5.74) is 2.99. The van der Waals surface area contributed by atoms with Crippen LogP contribution in [-0.2, 0) is 6.54 Å². The van der Waals surface area contributed by atoms with E-state index in [1.54, 1.807) is 19.2 Å². The molecule has 0 heterocycles. The molecule has 0 spiro atoms. The van der Waals surface area contributed by atoms with Gasteiger partial charge in [-0.05, 0) is 48.9 Å². The van der Waals surface area contributed by atoms with E-state index >= 15 is 0 Å². The number of hydrogen-bond donors (Lipinski definition) is 2. The molecule has 0 aliphatic heterocycles. The Morgan fingerprint density at radius 1 is 1.21 bits per heavy atom. The van der Waals surface area contributed by atoms with Gasteiger partial charge >= 0.3 is 0 Å². The molecule has 0 saturated heterocycles. The Hall–Kier alpha value is -1.68. The number of benzene rings is 2. The zero-order valence-electron chi connectivity index (χ0n) is 10.9. The van der Waals surface area contributed by atoms with Gasteiger partial charge in [-0.3, -0.25) is 0 Å². The molecule has 0 unspecified atom stereocenters. The van der Waals surface area contributed by atoms with Crippen molar-refractivity contribution >= 4 is 21.6 Å². The van der Waals surface area contributed by atoms with Crippen molar-refractivity contribution < 1.29 is 9.84 Å². The highest BCUT2D eigenvalue weighted by molar-refractivity contribution is 9.10. The van der Waals surface area contributed by atoms with Crippen LogP contribution in [0, 0.1) is 6.92 Å². The van der Waals surface area contributed by atoms with Gasteiger partial charge in [-0.15, -0.1) is 0 Å². The molecule has 2 rings (SSSR count). The van der Waals surface area contributed by atoms with E-state index in [1.807, 2.05) is 25.1 Å². The average molecular weight is 322 g/mol. The molecule has 2 aromatic carbocycles. The van der Waals surface area contributed by atoms with Gasteiger partial charge in [-0.2, -0.15) is 0 Å². The van der Waals surface area contributed by atoms with E-state index in [-0.39, 0.29) is 5.75 Å². The summed E-state index contributed by atoms with van der Waals surface area (Å²) in [6.45, 7) is 2.59. The van der Waals surface area contributed by atoms with Crippen LogP contribution in [-0.4, -0.2) is 12.2 Å². The maximum atomic E-state index is 9.80. The topological polar surface area (TPSA) is 41.5 Å². The molecule has 0 aromatic heterocycles. The summed E-state index contributed by atoms with van der Waals surface area (Å²) < 4.78 is 6.24. The third kappa shape index (κ3) is 3.41. The first-order chi connectivity index (χ1) is 9.10. The van der Waals surface area contributed by atoms with Crippen LogP contribution in [0.25, 0.3) is 0 Å². The normalized spacial score (nSPS) is 10.3. The molecule has 0 saturated carbocycles. The largest absolute Gasteiger partial charge is 0.508 e. The van der Waals surface area contributed by atoms with E-state index in [0.717, 1.165) is 21.5 Å². The third-order valence-electron chi connectivity index (χ3n) is 2.93. The Labute approximate surface area is 121 Å². The van der Waals surface area contributed by atoms with Crippen LogP contribution >= 0.6 is 15.9 Å². The van der Waals surface area contributed by atoms with Gasteiger partial charge in [0, 0.05) is 22.3 Å². The molecule has 0 amide bonds. The SMILES string of the molecule is COc1ccc(O)c(CNc2ccc(Br)c(C)c2)c1. The number of hydrogen-bond acceptors (Lipinski definition) is 3. The van der Waals surface area contributed by atoms with E-state index in [9.17, 15) is 5.11 Å². The van der Waals surface area contributed by atoms with Gasteiger partial charge in [0.2, 0.25) is 0 Å². The lowest BCUT2D eigenvalue weighted by Gasteiger charge is -2.10. The molecule has 4 heteroatoms. The van der Waals surface area contributed by atoms with Crippen LogP contribution in [0.2, 0.25) is 0 Å². The number of aromatic hydroxyl groups is 1. The molecular weight excluding hydrogens is 306 g/mol. The molecule has 2 aromatic rings. The van der Waals surface area contributed by atoms with Crippen molar-refractivity contribution in [1.82, 2.24) is 0 Å². The summed E-state index contributed by atoms with van der Waals surface area (Å²) in [5.74, 6) is 1.00. The number of phenols is 1. The fourth-order valence-electron chi connectivity index (χ4n) is 1.78. The summed E-state index contributed by atoms with van der Waals surface area (Å²) in [6.07, 6.45) is 0. The lowest BCUT2D eigenvalue weighted by molar-refractivity contribution is 0.411. The molecule has 100 valence electrons. The fourth-order valence-corrected chi connectivity index (χ4v) is 2.03. The van der Waals surface area contributed by atoms with Gasteiger partial charge in [0.05, 0.1) is 7.11 Å². The third-order valence-corrected chi connectivity index (χ3v) is 3.82. The zero-order valence-corrected chi connectivity index (χ0v) is 12.5. The molecule has 0 atom stereocenters. The molecular formula is C15H16BrNO2. The monoisotopic (exact) mass is 321 g/mol. The second-order valence-electron chi connectivity index (χ2n) is 4.31. The summed E-state index contributed by atoms with van der Waals surface area (Å²) >= 11 is 3.47. The minimum atomic E-state index is 0.266. The van der Waals surface area contributed by atoms with Crippen LogP contribution in [0.4, 0.5) is 5.69 Å². The molecule has 0 radical (unpaired) electrons. The standard InChI is InChI=1S/C15H16BrNO2/c1-10-7-12(3-5-14(10)16)17-9-11-8-13(19-2)4-6-15(11)18/h3-8,17-18H,9H2,1-2H3. The lowest BCUT2D eigenvalue weighted by Crippen LogP contribution is -2.00. The molecule has 0 aliphatic carbocycles. The van der Waals surface area contributed by atoms with E-state index < -0.39 is 0 Å². The minimum Gasteiger partial charge on any atom is -0.508 e. The molecule has 0 bridgehead atoms. The molecule has 2 N–H and O–H groups in total. The molecule has 3 nitrogen and oxygen atoms in total. The predicted octanol–water partition coefficient (Wildman–Crippen LogP) is 4.08. The Morgan fingerprint density at radius 2 is 2.00 bits per heavy atom. The quantitative estimate of drug-likeness (QED) is 0.891. The Kier molecular flexibility index (Phi) is 4.32. The van der Waals surface area contributed by atoms with Crippen LogP contribution in [0.5, 0.6) is 11.5 Å². The first kappa shape index (κ1) is 13.7. The predicted molar refractivity (Wildman–Crippen MR) is 80.9 cm³/mol. The van der Waals surface area contributed by atoms with Crippen molar-refractivity contribution in [3.63, 3.8) is 0 Å². The number of phenolic OH excluding ortho intramolecular Hbond substituents is 1. The van der Waals surface area contributed by atoms with E-state index in [4.69, 9.17) is 4.74 Å². The first-order valence-electron chi connectivity index (χ1n) is 5.96. The van der Waals surface area contributed by atoms with Crippen molar-refractivity contribution in [2.24, 2.45) is 0 Å². The number of methoxy groups -OCH3 is 1. The average Bonchev–Trinajstić information content (AvgIpc) is 2.41. The van der Waals surface area contributed by atoms with Crippen molar-refractivity contribution in [3.8, 4) is 11.5 Å². The molecule has 19 heavy (non-hydrogen) atoms. The van der Waals surface area contributed by atoms with Gasteiger partial charge in [0.25, 0.3) is 0 Å². The van der Waals surface area contributed by atoms with Gasteiger partial charge in [0.15, 0.2) is 0 Å². The number of halogens is 1. The Balaban J connectivity index is 2.11. The Morgan fingerprint density at radius 3 is 2.68 bits per heavy atom. The fraction of sp³-hybridized carbons (Fsp3) is 0.200. The maximum absolute atomic E-state index is 9.80. The smallest absolute Gasteiger partial charge is 0.120 e. The van der Waals surface area contributed by atoms with Crippen molar-refractivity contribution in [1.29, 1.82) is 0 Å². The van der Waals surface area contributed by atoms with E-state index in [1.165, 1.54) is 5.56 Å². The van der Waals surface area contributed by atoms with Gasteiger partial charge < -0.3 is 15.2 Å². The van der Waals surface area contributed by atoms with Crippen LogP contribution in [0.1, 0.15) is 11.1 Å². The number of ether oxygens (including phenoxy) is 1. The van der Waals surface area contributed by atoms with Crippen molar-refractivity contribution in [2.45, 2.75) is 13.5 Å².